The van der Waals surface area contributed by atoms with E-state index in [4.69, 9.17) is 0 Å². The van der Waals surface area contributed by atoms with Crippen molar-refractivity contribution in [2.45, 2.75) is 6.04 Å². The number of carbonyl (C=O) groups is 2. The zero-order valence-corrected chi connectivity index (χ0v) is 17.4. The number of non-ortho nitro benzene ring substituents is 1. The highest BCUT2D eigenvalue weighted by molar-refractivity contribution is 9.10. The van der Waals surface area contributed by atoms with Gasteiger partial charge in [0, 0.05) is 40.2 Å². The highest BCUT2D eigenvalue weighted by Gasteiger charge is 2.47. The maximum atomic E-state index is 13.0. The van der Waals surface area contributed by atoms with E-state index < -0.39 is 28.4 Å². The molecule has 0 spiro atoms. The van der Waals surface area contributed by atoms with E-state index >= 15 is 0 Å². The molecule has 1 aliphatic rings. The fourth-order valence-corrected chi connectivity index (χ4v) is 3.87. The van der Waals surface area contributed by atoms with E-state index in [1.165, 1.54) is 41.6 Å². The Morgan fingerprint density at radius 3 is 2.35 bits per heavy atom. The SMILES string of the molecule is O=C1C(=O)N(c2cccc(Br)c2)C(c2ccncc2)/C1=C(\O)c1ccc([N+](=O)[O-])cc1. The molecule has 0 bridgehead atoms. The van der Waals surface area contributed by atoms with E-state index in [1.54, 1.807) is 36.4 Å². The predicted octanol–water partition coefficient (Wildman–Crippen LogP) is 4.38. The zero-order chi connectivity index (χ0) is 22.1. The van der Waals surface area contributed by atoms with Crippen molar-refractivity contribution in [3.8, 4) is 0 Å². The summed E-state index contributed by atoms with van der Waals surface area (Å²) in [4.78, 5) is 41.7. The van der Waals surface area contributed by atoms with Crippen LogP contribution in [-0.2, 0) is 9.59 Å². The van der Waals surface area contributed by atoms with Crippen molar-refractivity contribution in [3.05, 3.63) is 104 Å². The standard InChI is InChI=1S/C22H14BrN3O5/c23-15-2-1-3-17(12-15)25-19(13-8-10-24-11-9-13)18(21(28)22(25)29)20(27)14-4-6-16(7-5-14)26(30)31/h1-12,19,27H/b20-18+. The fraction of sp³-hybridized carbons (Fsp3) is 0.0455. The number of rotatable bonds is 4. The van der Waals surface area contributed by atoms with Crippen LogP contribution < -0.4 is 4.90 Å². The van der Waals surface area contributed by atoms with Gasteiger partial charge in [0.15, 0.2) is 0 Å². The lowest BCUT2D eigenvalue weighted by Crippen LogP contribution is -2.29. The van der Waals surface area contributed by atoms with E-state index in [1.807, 2.05) is 0 Å². The van der Waals surface area contributed by atoms with E-state index in [2.05, 4.69) is 20.9 Å². The molecule has 3 aromatic rings. The van der Waals surface area contributed by atoms with Crippen LogP contribution >= 0.6 is 15.9 Å². The normalized spacial score (nSPS) is 17.7. The molecule has 2 heterocycles. The Morgan fingerprint density at radius 1 is 1.06 bits per heavy atom. The Labute approximate surface area is 184 Å². The van der Waals surface area contributed by atoms with Crippen molar-refractivity contribution < 1.29 is 19.6 Å². The smallest absolute Gasteiger partial charge is 0.300 e. The third-order valence-corrected chi connectivity index (χ3v) is 5.40. The van der Waals surface area contributed by atoms with Crippen molar-refractivity contribution >= 4 is 44.8 Å². The molecule has 1 saturated heterocycles. The van der Waals surface area contributed by atoms with Crippen LogP contribution in [0.5, 0.6) is 0 Å². The molecule has 1 unspecified atom stereocenters. The minimum Gasteiger partial charge on any atom is -0.507 e. The number of anilines is 1. The maximum Gasteiger partial charge on any atom is 0.300 e. The van der Waals surface area contributed by atoms with Crippen LogP contribution in [0.1, 0.15) is 17.2 Å². The van der Waals surface area contributed by atoms with Gasteiger partial charge in [0.2, 0.25) is 0 Å². The Morgan fingerprint density at radius 2 is 1.74 bits per heavy atom. The molecule has 0 saturated carbocycles. The number of hydrogen-bond donors (Lipinski definition) is 1. The number of halogens is 1. The molecule has 1 atom stereocenters. The number of benzene rings is 2. The van der Waals surface area contributed by atoms with Gasteiger partial charge in [0.05, 0.1) is 16.5 Å². The van der Waals surface area contributed by atoms with Gasteiger partial charge >= 0.3 is 0 Å². The van der Waals surface area contributed by atoms with Gasteiger partial charge in [-0.2, -0.15) is 0 Å². The molecule has 1 N–H and O–H groups in total. The van der Waals surface area contributed by atoms with E-state index in [0.717, 1.165) is 4.47 Å². The second-order valence-corrected chi connectivity index (χ2v) is 7.65. The van der Waals surface area contributed by atoms with Crippen LogP contribution in [0.3, 0.4) is 0 Å². The summed E-state index contributed by atoms with van der Waals surface area (Å²) in [7, 11) is 0. The lowest BCUT2D eigenvalue weighted by Gasteiger charge is -2.25. The van der Waals surface area contributed by atoms with Gasteiger partial charge in [-0.25, -0.2) is 0 Å². The second-order valence-electron chi connectivity index (χ2n) is 6.73. The van der Waals surface area contributed by atoms with Gasteiger partial charge in [0.1, 0.15) is 5.76 Å². The highest BCUT2D eigenvalue weighted by Crippen LogP contribution is 2.42. The highest BCUT2D eigenvalue weighted by atomic mass is 79.9. The Balaban J connectivity index is 1.91. The number of nitro benzene ring substituents is 1. The molecule has 1 amide bonds. The minimum atomic E-state index is -0.896. The summed E-state index contributed by atoms with van der Waals surface area (Å²) in [6, 6.07) is 14.5. The summed E-state index contributed by atoms with van der Waals surface area (Å²) in [6.45, 7) is 0. The average Bonchev–Trinajstić information content (AvgIpc) is 3.04. The first-order valence-electron chi connectivity index (χ1n) is 9.10. The summed E-state index contributed by atoms with van der Waals surface area (Å²) in [5.41, 5.74) is 0.984. The maximum absolute atomic E-state index is 13.0. The van der Waals surface area contributed by atoms with Crippen molar-refractivity contribution in [2.75, 3.05) is 4.90 Å². The van der Waals surface area contributed by atoms with Crippen LogP contribution in [0, 0.1) is 10.1 Å². The molecule has 31 heavy (non-hydrogen) atoms. The molecular formula is C22H14BrN3O5. The quantitative estimate of drug-likeness (QED) is 0.195. The van der Waals surface area contributed by atoms with Gasteiger partial charge in [-0.05, 0) is 48.0 Å². The molecule has 1 fully saturated rings. The number of carbonyl (C=O) groups excluding carboxylic acids is 2. The van der Waals surface area contributed by atoms with E-state index in [-0.39, 0.29) is 16.8 Å². The summed E-state index contributed by atoms with van der Waals surface area (Å²) in [5.74, 6) is -2.05. The summed E-state index contributed by atoms with van der Waals surface area (Å²) in [6.07, 6.45) is 3.06. The van der Waals surface area contributed by atoms with Gasteiger partial charge in [-0.1, -0.05) is 22.0 Å². The molecule has 9 heteroatoms. The van der Waals surface area contributed by atoms with Gasteiger partial charge in [-0.3, -0.25) is 29.6 Å². The van der Waals surface area contributed by atoms with Gasteiger partial charge in [-0.15, -0.1) is 0 Å². The third kappa shape index (κ3) is 3.71. The molecule has 8 nitrogen and oxygen atoms in total. The fourth-order valence-electron chi connectivity index (χ4n) is 3.48. The second kappa shape index (κ2) is 8.11. The van der Waals surface area contributed by atoms with Crippen molar-refractivity contribution in [1.29, 1.82) is 0 Å². The molecule has 154 valence electrons. The van der Waals surface area contributed by atoms with Crippen molar-refractivity contribution in [1.82, 2.24) is 4.98 Å². The summed E-state index contributed by atoms with van der Waals surface area (Å²) >= 11 is 3.37. The van der Waals surface area contributed by atoms with Crippen molar-refractivity contribution in [3.63, 3.8) is 0 Å². The monoisotopic (exact) mass is 479 g/mol. The number of Topliss-reactive ketones (excluding diaryl/α,β-unsaturated/α-hetero) is 1. The number of nitrogens with zero attached hydrogens (tertiary/aromatic N) is 3. The van der Waals surface area contributed by atoms with E-state index in [9.17, 15) is 24.8 Å². The third-order valence-electron chi connectivity index (χ3n) is 4.90. The number of aliphatic hydroxyl groups excluding tert-OH is 1. The van der Waals surface area contributed by atoms with Crippen LogP contribution in [0.2, 0.25) is 0 Å². The molecule has 4 rings (SSSR count). The minimum absolute atomic E-state index is 0.106. The van der Waals surface area contributed by atoms with Crippen LogP contribution in [0.4, 0.5) is 11.4 Å². The first-order valence-corrected chi connectivity index (χ1v) is 9.89. The first kappa shape index (κ1) is 20.4. The Kier molecular flexibility index (Phi) is 5.35. The number of nitro groups is 1. The summed E-state index contributed by atoms with van der Waals surface area (Å²) < 4.78 is 0.718. The average molecular weight is 480 g/mol. The van der Waals surface area contributed by atoms with Crippen LogP contribution in [0.25, 0.3) is 5.76 Å². The van der Waals surface area contributed by atoms with Gasteiger partial charge in [0.25, 0.3) is 17.4 Å². The number of hydrogen-bond acceptors (Lipinski definition) is 6. The predicted molar refractivity (Wildman–Crippen MR) is 116 cm³/mol. The Bertz CT molecular complexity index is 1230. The first-order chi connectivity index (χ1) is 14.9. The summed E-state index contributed by atoms with van der Waals surface area (Å²) in [5, 5.41) is 21.9. The van der Waals surface area contributed by atoms with Crippen LogP contribution in [0.15, 0.2) is 83.1 Å². The lowest BCUT2D eigenvalue weighted by atomic mass is 9.95. The van der Waals surface area contributed by atoms with Crippen LogP contribution in [-0.4, -0.2) is 26.7 Å². The zero-order valence-electron chi connectivity index (χ0n) is 15.8. The topological polar surface area (TPSA) is 114 Å². The lowest BCUT2D eigenvalue weighted by molar-refractivity contribution is -0.384. The largest absolute Gasteiger partial charge is 0.507 e. The molecule has 0 aliphatic carbocycles. The number of amides is 1. The van der Waals surface area contributed by atoms with Crippen molar-refractivity contribution in [2.24, 2.45) is 0 Å². The molecule has 0 radical (unpaired) electrons. The molecule has 2 aromatic carbocycles. The molecule has 1 aliphatic heterocycles. The molecule has 1 aromatic heterocycles. The Hall–Kier alpha value is -3.85. The van der Waals surface area contributed by atoms with E-state index in [0.29, 0.717) is 11.3 Å². The number of aliphatic hydroxyl groups is 1. The number of aromatic nitrogens is 1. The van der Waals surface area contributed by atoms with Gasteiger partial charge < -0.3 is 5.11 Å². The number of pyridine rings is 1. The number of ketones is 1. The molecular weight excluding hydrogens is 466 g/mol.